The van der Waals surface area contributed by atoms with Crippen LogP contribution in [-0.2, 0) is 14.2 Å². The standard InChI is InChI=1S/C15H24N10O7/c1-5-12(9(4-26)30-15(29)19-5)31-14(6(2)20-23-16)32-13-8(22-25-18)3-7(21-24-17)10(27)11(13)28/h5-14,26-28H,3-4H2,1-2H3,(H,19,29)/t5?,6?,7-,8?,9+,10?,11-,12?,13-,14?/m1/s1. The van der Waals surface area contributed by atoms with Crippen molar-refractivity contribution in [3.63, 3.8) is 0 Å². The van der Waals surface area contributed by atoms with Crippen molar-refractivity contribution in [3.05, 3.63) is 31.3 Å². The van der Waals surface area contributed by atoms with Gasteiger partial charge < -0.3 is 34.8 Å². The summed E-state index contributed by atoms with van der Waals surface area (Å²) in [5.74, 6) is 0. The average Bonchev–Trinajstić information content (AvgIpc) is 2.75. The van der Waals surface area contributed by atoms with Crippen molar-refractivity contribution >= 4 is 6.09 Å². The summed E-state index contributed by atoms with van der Waals surface area (Å²) in [4.78, 5) is 19.6. The first kappa shape index (κ1) is 25.3. The molecule has 4 N–H and O–H groups in total. The van der Waals surface area contributed by atoms with Crippen molar-refractivity contribution in [2.24, 2.45) is 15.3 Å². The Morgan fingerprint density at radius 2 is 1.75 bits per heavy atom. The Morgan fingerprint density at radius 3 is 2.34 bits per heavy atom. The molecule has 32 heavy (non-hydrogen) atoms. The number of amides is 1. The Morgan fingerprint density at radius 1 is 1.12 bits per heavy atom. The SMILES string of the molecule is CC(N=[N+]=[N-])C(OC1C(C)NC(=O)O[C@H]1CO)O[C@@H]1C(N=[N+]=[N-])C[C@@H](N=[N+]=[N-])C(O)[C@H]1O. The number of nitrogens with one attached hydrogen (secondary N) is 1. The van der Waals surface area contributed by atoms with Gasteiger partial charge in [-0.2, -0.15) is 0 Å². The molecule has 6 unspecified atom stereocenters. The van der Waals surface area contributed by atoms with Crippen LogP contribution in [-0.4, -0.2) is 89.0 Å². The zero-order valence-electron chi connectivity index (χ0n) is 17.2. The van der Waals surface area contributed by atoms with Crippen molar-refractivity contribution in [1.82, 2.24) is 5.32 Å². The number of aliphatic hydroxyl groups excluding tert-OH is 3. The number of carbonyl (C=O) groups is 1. The van der Waals surface area contributed by atoms with Gasteiger partial charge in [0.1, 0.15) is 12.2 Å². The van der Waals surface area contributed by atoms with E-state index >= 15 is 0 Å². The van der Waals surface area contributed by atoms with Gasteiger partial charge in [0, 0.05) is 14.7 Å². The Kier molecular flexibility index (Phi) is 9.13. The van der Waals surface area contributed by atoms with Gasteiger partial charge in [0.05, 0.1) is 43.0 Å². The van der Waals surface area contributed by atoms with E-state index in [9.17, 15) is 20.1 Å². The summed E-state index contributed by atoms with van der Waals surface area (Å²) in [6.07, 6.45) is -8.76. The van der Waals surface area contributed by atoms with E-state index in [1.54, 1.807) is 6.92 Å². The highest BCUT2D eigenvalue weighted by Crippen LogP contribution is 2.30. The molecule has 176 valence electrons. The van der Waals surface area contributed by atoms with Gasteiger partial charge >= 0.3 is 6.09 Å². The van der Waals surface area contributed by atoms with Gasteiger partial charge in [-0.3, -0.25) is 0 Å². The van der Waals surface area contributed by atoms with Crippen molar-refractivity contribution in [2.75, 3.05) is 6.61 Å². The Labute approximate surface area is 181 Å². The van der Waals surface area contributed by atoms with Crippen LogP contribution in [0.2, 0.25) is 0 Å². The molecule has 10 atom stereocenters. The number of nitrogens with zero attached hydrogens (tertiary/aromatic N) is 9. The predicted octanol–water partition coefficient (Wildman–Crippen LogP) is 0.754. The predicted molar refractivity (Wildman–Crippen MR) is 105 cm³/mol. The molecular weight excluding hydrogens is 432 g/mol. The lowest BCUT2D eigenvalue weighted by molar-refractivity contribution is -0.256. The fourth-order valence-corrected chi connectivity index (χ4v) is 3.58. The topological polar surface area (TPSA) is 264 Å². The first-order valence-corrected chi connectivity index (χ1v) is 9.65. The second kappa shape index (κ2) is 11.6. The van der Waals surface area contributed by atoms with Gasteiger partial charge in [-0.05, 0) is 29.9 Å². The maximum atomic E-state index is 11.6. The lowest BCUT2D eigenvalue weighted by atomic mass is 9.84. The summed E-state index contributed by atoms with van der Waals surface area (Å²) in [7, 11) is 0. The van der Waals surface area contributed by atoms with Crippen molar-refractivity contribution in [3.8, 4) is 0 Å². The molecule has 2 rings (SSSR count). The number of ether oxygens (including phenoxy) is 3. The molecule has 2 fully saturated rings. The third-order valence-electron chi connectivity index (χ3n) is 5.20. The smallest absolute Gasteiger partial charge is 0.407 e. The number of rotatable bonds is 9. The monoisotopic (exact) mass is 456 g/mol. The fourth-order valence-electron chi connectivity index (χ4n) is 3.58. The molecule has 17 nitrogen and oxygen atoms in total. The second-order valence-corrected chi connectivity index (χ2v) is 7.34. The van der Waals surface area contributed by atoms with E-state index in [2.05, 4.69) is 35.4 Å². The number of cyclic esters (lactones) is 1. The molecule has 0 aromatic rings. The lowest BCUT2D eigenvalue weighted by Crippen LogP contribution is -2.60. The molecule has 0 aromatic carbocycles. The van der Waals surface area contributed by atoms with Crippen LogP contribution < -0.4 is 5.32 Å². The van der Waals surface area contributed by atoms with Crippen LogP contribution in [0.25, 0.3) is 31.3 Å². The lowest BCUT2D eigenvalue weighted by Gasteiger charge is -2.43. The molecule has 0 aromatic heterocycles. The molecule has 1 aliphatic carbocycles. The number of aliphatic hydroxyl groups is 3. The maximum Gasteiger partial charge on any atom is 0.407 e. The van der Waals surface area contributed by atoms with Crippen molar-refractivity contribution in [1.29, 1.82) is 0 Å². The average molecular weight is 456 g/mol. The second-order valence-electron chi connectivity index (χ2n) is 7.34. The minimum atomic E-state index is -1.65. The van der Waals surface area contributed by atoms with E-state index in [-0.39, 0.29) is 6.42 Å². The van der Waals surface area contributed by atoms with E-state index in [4.69, 9.17) is 30.8 Å². The Balaban J connectivity index is 2.31. The Hall–Kier alpha value is -3.00. The maximum absolute atomic E-state index is 11.6. The molecule has 0 spiro atoms. The first-order chi connectivity index (χ1) is 15.3. The molecule has 1 amide bonds. The summed E-state index contributed by atoms with van der Waals surface area (Å²) in [6, 6.07) is -3.76. The highest BCUT2D eigenvalue weighted by Gasteiger charge is 2.46. The van der Waals surface area contributed by atoms with Crippen LogP contribution in [0.15, 0.2) is 15.3 Å². The molecule has 0 bridgehead atoms. The molecule has 0 radical (unpaired) electrons. The van der Waals surface area contributed by atoms with Crippen LogP contribution in [0.3, 0.4) is 0 Å². The third kappa shape index (κ3) is 5.82. The molecule has 17 heteroatoms. The summed E-state index contributed by atoms with van der Waals surface area (Å²) >= 11 is 0. The van der Waals surface area contributed by atoms with Gasteiger partial charge in [0.25, 0.3) is 0 Å². The minimum absolute atomic E-state index is 0.127. The Bertz CT molecular complexity index is 812. The first-order valence-electron chi connectivity index (χ1n) is 9.65. The number of hydrogen-bond acceptors (Lipinski definition) is 10. The molecular formula is C15H24N10O7. The number of carbonyl (C=O) groups excluding carboxylic acids is 1. The summed E-state index contributed by atoms with van der Waals surface area (Å²) in [5.41, 5.74) is 26.4. The van der Waals surface area contributed by atoms with Gasteiger partial charge in [-0.25, -0.2) is 4.79 Å². The van der Waals surface area contributed by atoms with Gasteiger partial charge in [-0.1, -0.05) is 22.3 Å². The largest absolute Gasteiger partial charge is 0.441 e. The highest BCUT2D eigenvalue weighted by atomic mass is 16.7. The summed E-state index contributed by atoms with van der Waals surface area (Å²) in [5, 5.41) is 43.4. The van der Waals surface area contributed by atoms with Crippen LogP contribution >= 0.6 is 0 Å². The third-order valence-corrected chi connectivity index (χ3v) is 5.20. The fraction of sp³-hybridized carbons (Fsp3) is 0.933. The van der Waals surface area contributed by atoms with Gasteiger partial charge in [-0.15, -0.1) is 0 Å². The quantitative estimate of drug-likeness (QED) is 0.167. The zero-order chi connectivity index (χ0) is 23.8. The van der Waals surface area contributed by atoms with Crippen LogP contribution in [0.4, 0.5) is 4.79 Å². The van der Waals surface area contributed by atoms with Gasteiger partial charge in [0.15, 0.2) is 12.4 Å². The van der Waals surface area contributed by atoms with E-state index in [0.717, 1.165) is 0 Å². The van der Waals surface area contributed by atoms with E-state index in [1.165, 1.54) is 6.92 Å². The zero-order valence-corrected chi connectivity index (χ0v) is 17.2. The number of hydrogen-bond donors (Lipinski definition) is 4. The normalized spacial score (nSPS) is 36.2. The van der Waals surface area contributed by atoms with E-state index < -0.39 is 73.7 Å². The number of azide groups is 3. The van der Waals surface area contributed by atoms with Gasteiger partial charge in [0.2, 0.25) is 0 Å². The van der Waals surface area contributed by atoms with Crippen LogP contribution in [0, 0.1) is 0 Å². The van der Waals surface area contributed by atoms with Crippen LogP contribution in [0.5, 0.6) is 0 Å². The summed E-state index contributed by atoms with van der Waals surface area (Å²) < 4.78 is 16.7. The highest BCUT2D eigenvalue weighted by molar-refractivity contribution is 5.68. The minimum Gasteiger partial charge on any atom is -0.441 e. The molecule has 1 saturated carbocycles. The van der Waals surface area contributed by atoms with Crippen LogP contribution in [0.1, 0.15) is 20.3 Å². The van der Waals surface area contributed by atoms with Crippen molar-refractivity contribution < 1.29 is 34.3 Å². The van der Waals surface area contributed by atoms with E-state index in [1.807, 2.05) is 0 Å². The molecule has 1 heterocycles. The molecule has 2 aliphatic rings. The van der Waals surface area contributed by atoms with Crippen molar-refractivity contribution in [2.45, 2.75) is 81.2 Å². The summed E-state index contributed by atoms with van der Waals surface area (Å²) in [6.45, 7) is 2.47. The van der Waals surface area contributed by atoms with E-state index in [0.29, 0.717) is 0 Å². The number of alkyl carbamates (subject to hydrolysis) is 1. The molecule has 1 saturated heterocycles. The molecule has 1 aliphatic heterocycles.